The van der Waals surface area contributed by atoms with Crippen LogP contribution < -0.4 is 15.5 Å². The quantitative estimate of drug-likeness (QED) is 0.875. The maximum Gasteiger partial charge on any atom is 0.133 e. The first-order valence-corrected chi connectivity index (χ1v) is 9.47. The average Bonchev–Trinajstić information content (AvgIpc) is 3.02. The van der Waals surface area contributed by atoms with Crippen molar-refractivity contribution >= 4 is 11.6 Å². The number of pyridine rings is 1. The molecule has 2 aliphatic rings. The Hall–Kier alpha value is -2.08. The molecule has 0 aromatic carbocycles. The van der Waals surface area contributed by atoms with E-state index in [1.165, 1.54) is 30.6 Å². The first-order valence-electron chi connectivity index (χ1n) is 9.47. The zero-order valence-electron chi connectivity index (χ0n) is 15.0. The monoisotopic (exact) mass is 340 g/mol. The molecule has 0 bridgehead atoms. The van der Waals surface area contributed by atoms with Gasteiger partial charge < -0.3 is 15.5 Å². The molecule has 0 saturated carbocycles. The van der Waals surface area contributed by atoms with Gasteiger partial charge in [-0.15, -0.1) is 0 Å². The van der Waals surface area contributed by atoms with Crippen molar-refractivity contribution in [3.63, 3.8) is 0 Å². The Labute approximate surface area is 149 Å². The summed E-state index contributed by atoms with van der Waals surface area (Å²) in [6, 6.07) is 6.37. The molecule has 0 spiro atoms. The second-order valence-electron chi connectivity index (χ2n) is 7.26. The standard InChI is InChI=1S/C19H28N6/c1-15-10-18-22-12-16(14-25(18)23-15)11-20-13-17-6-5-7-21-19(17)24-8-3-2-4-9-24/h5-7,10,16,20,22H,2-4,8-9,11-14H2,1H3. The number of aromatic nitrogens is 3. The van der Waals surface area contributed by atoms with Gasteiger partial charge in [0.25, 0.3) is 0 Å². The van der Waals surface area contributed by atoms with Gasteiger partial charge in [0.05, 0.1) is 5.69 Å². The van der Waals surface area contributed by atoms with E-state index >= 15 is 0 Å². The molecule has 25 heavy (non-hydrogen) atoms. The molecule has 1 unspecified atom stereocenters. The summed E-state index contributed by atoms with van der Waals surface area (Å²) in [4.78, 5) is 7.11. The van der Waals surface area contributed by atoms with Gasteiger partial charge in [-0.3, -0.25) is 0 Å². The fourth-order valence-corrected chi connectivity index (χ4v) is 3.89. The summed E-state index contributed by atoms with van der Waals surface area (Å²) >= 11 is 0. The second kappa shape index (κ2) is 7.44. The number of rotatable bonds is 5. The number of piperidine rings is 1. The van der Waals surface area contributed by atoms with E-state index in [1.807, 2.05) is 19.2 Å². The predicted molar refractivity (Wildman–Crippen MR) is 101 cm³/mol. The van der Waals surface area contributed by atoms with Crippen LogP contribution >= 0.6 is 0 Å². The molecule has 0 radical (unpaired) electrons. The van der Waals surface area contributed by atoms with Crippen molar-refractivity contribution in [2.45, 2.75) is 39.3 Å². The van der Waals surface area contributed by atoms with E-state index in [-0.39, 0.29) is 0 Å². The summed E-state index contributed by atoms with van der Waals surface area (Å²) in [6.45, 7) is 8.17. The molecule has 4 heterocycles. The van der Waals surface area contributed by atoms with E-state index in [0.29, 0.717) is 5.92 Å². The average molecular weight is 340 g/mol. The topological polar surface area (TPSA) is 58.0 Å². The van der Waals surface area contributed by atoms with Crippen molar-refractivity contribution in [2.24, 2.45) is 5.92 Å². The number of aryl methyl sites for hydroxylation is 1. The number of fused-ring (bicyclic) bond motifs is 1. The molecule has 1 fully saturated rings. The Morgan fingerprint density at radius 3 is 3.04 bits per heavy atom. The van der Waals surface area contributed by atoms with E-state index in [0.717, 1.165) is 50.8 Å². The number of nitrogens with one attached hydrogen (secondary N) is 2. The van der Waals surface area contributed by atoms with Crippen molar-refractivity contribution in [1.29, 1.82) is 0 Å². The summed E-state index contributed by atoms with van der Waals surface area (Å²) in [5, 5.41) is 11.7. The summed E-state index contributed by atoms with van der Waals surface area (Å²) in [6.07, 6.45) is 5.83. The van der Waals surface area contributed by atoms with Crippen LogP contribution in [0.2, 0.25) is 0 Å². The SMILES string of the molecule is Cc1cc2n(n1)CC(CNCc1cccnc1N1CCCCC1)CN2. The molecular formula is C19H28N6. The Balaban J connectivity index is 1.33. The van der Waals surface area contributed by atoms with Crippen LogP contribution in [0.5, 0.6) is 0 Å². The van der Waals surface area contributed by atoms with Crippen molar-refractivity contribution < 1.29 is 0 Å². The van der Waals surface area contributed by atoms with Crippen LogP contribution in [0.4, 0.5) is 11.6 Å². The van der Waals surface area contributed by atoms with E-state index in [2.05, 4.69) is 42.4 Å². The molecule has 0 amide bonds. The zero-order valence-corrected chi connectivity index (χ0v) is 15.0. The minimum Gasteiger partial charge on any atom is -0.370 e. The molecular weight excluding hydrogens is 312 g/mol. The highest BCUT2D eigenvalue weighted by atomic mass is 15.3. The summed E-state index contributed by atoms with van der Waals surface area (Å²) in [5.74, 6) is 2.87. The zero-order chi connectivity index (χ0) is 17.1. The summed E-state index contributed by atoms with van der Waals surface area (Å²) in [5.41, 5.74) is 2.39. The molecule has 1 atom stereocenters. The third-order valence-electron chi connectivity index (χ3n) is 5.18. The van der Waals surface area contributed by atoms with Gasteiger partial charge in [-0.2, -0.15) is 5.10 Å². The second-order valence-corrected chi connectivity index (χ2v) is 7.26. The van der Waals surface area contributed by atoms with Crippen LogP contribution in [-0.4, -0.2) is 40.9 Å². The van der Waals surface area contributed by atoms with Crippen LogP contribution in [0.15, 0.2) is 24.4 Å². The van der Waals surface area contributed by atoms with Gasteiger partial charge in [0.1, 0.15) is 11.6 Å². The number of hydrogen-bond donors (Lipinski definition) is 2. The van der Waals surface area contributed by atoms with Gasteiger partial charge >= 0.3 is 0 Å². The maximum absolute atomic E-state index is 4.66. The normalized spacial score (nSPS) is 20.2. The minimum absolute atomic E-state index is 0.557. The fourth-order valence-electron chi connectivity index (χ4n) is 3.89. The molecule has 2 N–H and O–H groups in total. The lowest BCUT2D eigenvalue weighted by Crippen LogP contribution is -2.36. The van der Waals surface area contributed by atoms with Gasteiger partial charge in [0.2, 0.25) is 0 Å². The van der Waals surface area contributed by atoms with Crippen molar-refractivity contribution in [3.05, 3.63) is 35.7 Å². The Morgan fingerprint density at radius 1 is 1.28 bits per heavy atom. The fraction of sp³-hybridized carbons (Fsp3) is 0.579. The smallest absolute Gasteiger partial charge is 0.133 e. The first kappa shape index (κ1) is 16.4. The number of hydrogen-bond acceptors (Lipinski definition) is 5. The van der Waals surface area contributed by atoms with Gasteiger partial charge in [-0.05, 0) is 32.3 Å². The molecule has 2 aromatic rings. The molecule has 2 aromatic heterocycles. The van der Waals surface area contributed by atoms with E-state index in [4.69, 9.17) is 0 Å². The predicted octanol–water partition coefficient (Wildman–Crippen LogP) is 2.41. The van der Waals surface area contributed by atoms with Crippen molar-refractivity contribution in [2.75, 3.05) is 36.4 Å². The summed E-state index contributed by atoms with van der Waals surface area (Å²) < 4.78 is 2.09. The van der Waals surface area contributed by atoms with Crippen molar-refractivity contribution in [3.8, 4) is 0 Å². The van der Waals surface area contributed by atoms with Crippen LogP contribution in [0.1, 0.15) is 30.5 Å². The lowest BCUT2D eigenvalue weighted by atomic mass is 10.1. The Bertz CT molecular complexity index is 704. The highest BCUT2D eigenvalue weighted by molar-refractivity contribution is 5.47. The Kier molecular flexibility index (Phi) is 4.88. The molecule has 134 valence electrons. The lowest BCUT2D eigenvalue weighted by molar-refractivity contribution is 0.390. The lowest BCUT2D eigenvalue weighted by Gasteiger charge is -2.29. The van der Waals surface area contributed by atoms with Gasteiger partial charge in [-0.25, -0.2) is 9.67 Å². The minimum atomic E-state index is 0.557. The van der Waals surface area contributed by atoms with Crippen LogP contribution in [0.3, 0.4) is 0 Å². The maximum atomic E-state index is 4.66. The van der Waals surface area contributed by atoms with Crippen LogP contribution in [0.25, 0.3) is 0 Å². The largest absolute Gasteiger partial charge is 0.370 e. The highest BCUT2D eigenvalue weighted by Gasteiger charge is 2.19. The van der Waals surface area contributed by atoms with E-state index in [9.17, 15) is 0 Å². The Morgan fingerprint density at radius 2 is 2.16 bits per heavy atom. The summed E-state index contributed by atoms with van der Waals surface area (Å²) in [7, 11) is 0. The molecule has 4 rings (SSSR count). The van der Waals surface area contributed by atoms with Gasteiger partial charge in [0, 0.05) is 63.0 Å². The number of nitrogens with zero attached hydrogens (tertiary/aromatic N) is 4. The third-order valence-corrected chi connectivity index (χ3v) is 5.18. The highest BCUT2D eigenvalue weighted by Crippen LogP contribution is 2.22. The van der Waals surface area contributed by atoms with Gasteiger partial charge in [0.15, 0.2) is 0 Å². The third kappa shape index (κ3) is 3.79. The van der Waals surface area contributed by atoms with Crippen LogP contribution in [0, 0.1) is 12.8 Å². The molecule has 0 aliphatic carbocycles. The molecule has 2 aliphatic heterocycles. The van der Waals surface area contributed by atoms with Crippen molar-refractivity contribution in [1.82, 2.24) is 20.1 Å². The first-order chi connectivity index (χ1) is 12.3. The molecule has 6 nitrogen and oxygen atoms in total. The van der Waals surface area contributed by atoms with Gasteiger partial charge in [-0.1, -0.05) is 6.07 Å². The molecule has 1 saturated heterocycles. The number of anilines is 2. The molecule has 6 heteroatoms. The van der Waals surface area contributed by atoms with Crippen LogP contribution in [-0.2, 0) is 13.1 Å². The van der Waals surface area contributed by atoms with E-state index in [1.54, 1.807) is 0 Å². The van der Waals surface area contributed by atoms with E-state index < -0.39 is 0 Å².